The molecule has 6 nitrogen and oxygen atoms in total. The predicted octanol–water partition coefficient (Wildman–Crippen LogP) is 2.33. The molecule has 4 rings (SSSR count). The van der Waals surface area contributed by atoms with Gasteiger partial charge in [0.05, 0.1) is 12.2 Å². The minimum Gasteiger partial charge on any atom is -0.506 e. The highest BCUT2D eigenvalue weighted by Crippen LogP contribution is 2.25. The van der Waals surface area contributed by atoms with Crippen molar-refractivity contribution in [2.75, 3.05) is 37.6 Å². The first-order valence-corrected chi connectivity index (χ1v) is 10.0. The van der Waals surface area contributed by atoms with Crippen LogP contribution < -0.4 is 4.90 Å². The fourth-order valence-corrected chi connectivity index (χ4v) is 4.26. The molecule has 1 atom stereocenters. The van der Waals surface area contributed by atoms with E-state index in [9.17, 15) is 9.90 Å². The van der Waals surface area contributed by atoms with E-state index in [1.807, 2.05) is 11.8 Å². The third kappa shape index (κ3) is 3.83. The summed E-state index contributed by atoms with van der Waals surface area (Å²) in [5.41, 5.74) is 3.42. The van der Waals surface area contributed by atoms with E-state index >= 15 is 0 Å². The Morgan fingerprint density at radius 3 is 2.46 bits per heavy atom. The van der Waals surface area contributed by atoms with Crippen LogP contribution in [0.25, 0.3) is 0 Å². The number of hydrogen-bond acceptors (Lipinski definition) is 5. The molecule has 0 spiro atoms. The zero-order valence-corrected chi connectivity index (χ0v) is 16.6. The first-order valence-electron chi connectivity index (χ1n) is 10.0. The van der Waals surface area contributed by atoms with Gasteiger partial charge in [-0.1, -0.05) is 29.8 Å². The Hall–Kier alpha value is -2.60. The van der Waals surface area contributed by atoms with Gasteiger partial charge in [0.25, 0.3) is 0 Å². The second-order valence-electron chi connectivity index (χ2n) is 7.91. The molecule has 1 N–H and O–H groups in total. The molecule has 6 heteroatoms. The molecule has 0 radical (unpaired) electrons. The van der Waals surface area contributed by atoms with Crippen LogP contribution in [0.3, 0.4) is 0 Å². The molecule has 2 aromatic rings. The Morgan fingerprint density at radius 1 is 1.07 bits per heavy atom. The van der Waals surface area contributed by atoms with Crippen molar-refractivity contribution in [2.24, 2.45) is 0 Å². The van der Waals surface area contributed by atoms with Gasteiger partial charge >= 0.3 is 0 Å². The molecule has 3 heterocycles. The van der Waals surface area contributed by atoms with Crippen LogP contribution in [0.4, 0.5) is 5.82 Å². The number of carbonyl (C=O) groups excluding carboxylic acids is 1. The SMILES string of the molecule is Cc1ccc(CN2CCC(N3CCN(c4ncc(O)cc4C)CC3)C2=O)cc1. The van der Waals surface area contributed by atoms with Crippen molar-refractivity contribution in [3.8, 4) is 5.75 Å². The molecule has 2 fully saturated rings. The predicted molar refractivity (Wildman–Crippen MR) is 109 cm³/mol. The Bertz CT molecular complexity index is 844. The summed E-state index contributed by atoms with van der Waals surface area (Å²) in [6.07, 6.45) is 2.40. The van der Waals surface area contributed by atoms with Crippen molar-refractivity contribution in [3.63, 3.8) is 0 Å². The molecule has 148 valence electrons. The monoisotopic (exact) mass is 380 g/mol. The van der Waals surface area contributed by atoms with Crippen LogP contribution in [-0.2, 0) is 11.3 Å². The standard InChI is InChI=1S/C22H28N4O2/c1-16-3-5-18(6-4-16)15-26-8-7-20(22(26)28)24-9-11-25(12-10-24)21-17(2)13-19(27)14-23-21/h3-6,13-14,20,27H,7-12,15H2,1-2H3. The highest BCUT2D eigenvalue weighted by molar-refractivity contribution is 5.84. The van der Waals surface area contributed by atoms with Gasteiger partial charge in [-0.2, -0.15) is 0 Å². The van der Waals surface area contributed by atoms with E-state index in [0.717, 1.165) is 50.5 Å². The van der Waals surface area contributed by atoms with Gasteiger partial charge in [-0.05, 0) is 37.5 Å². The van der Waals surface area contributed by atoms with Gasteiger partial charge in [-0.25, -0.2) is 4.98 Å². The van der Waals surface area contributed by atoms with Crippen LogP contribution in [0.5, 0.6) is 5.75 Å². The summed E-state index contributed by atoms with van der Waals surface area (Å²) < 4.78 is 0. The zero-order valence-electron chi connectivity index (χ0n) is 16.6. The maximum absolute atomic E-state index is 12.9. The van der Waals surface area contributed by atoms with Crippen molar-refractivity contribution in [1.29, 1.82) is 0 Å². The number of piperazine rings is 1. The molecule has 2 aliphatic rings. The number of rotatable bonds is 4. The Morgan fingerprint density at radius 2 is 1.79 bits per heavy atom. The van der Waals surface area contributed by atoms with Crippen molar-refractivity contribution in [2.45, 2.75) is 32.9 Å². The molecule has 1 amide bonds. The van der Waals surface area contributed by atoms with Crippen molar-refractivity contribution in [3.05, 3.63) is 53.2 Å². The number of pyridine rings is 1. The second-order valence-corrected chi connectivity index (χ2v) is 7.91. The fourth-order valence-electron chi connectivity index (χ4n) is 4.26. The van der Waals surface area contributed by atoms with Crippen LogP contribution in [-0.4, -0.2) is 64.6 Å². The van der Waals surface area contributed by atoms with Crippen molar-refractivity contribution < 1.29 is 9.90 Å². The maximum Gasteiger partial charge on any atom is 0.240 e. The van der Waals surface area contributed by atoms with Gasteiger partial charge in [0, 0.05) is 39.3 Å². The molecule has 1 unspecified atom stereocenters. The topological polar surface area (TPSA) is 59.9 Å². The van der Waals surface area contributed by atoms with Crippen molar-refractivity contribution >= 4 is 11.7 Å². The van der Waals surface area contributed by atoms with E-state index in [-0.39, 0.29) is 17.7 Å². The number of hydrogen-bond donors (Lipinski definition) is 1. The van der Waals surface area contributed by atoms with Crippen LogP contribution in [0.15, 0.2) is 36.5 Å². The summed E-state index contributed by atoms with van der Waals surface area (Å²) >= 11 is 0. The first kappa shape index (κ1) is 18.7. The average Bonchev–Trinajstić information content (AvgIpc) is 3.04. The molecule has 0 aliphatic carbocycles. The molecule has 28 heavy (non-hydrogen) atoms. The lowest BCUT2D eigenvalue weighted by Crippen LogP contribution is -2.52. The molecule has 1 aromatic heterocycles. The van der Waals surface area contributed by atoms with E-state index in [0.29, 0.717) is 6.54 Å². The maximum atomic E-state index is 12.9. The fraction of sp³-hybridized carbons (Fsp3) is 0.455. The number of benzene rings is 1. The minimum atomic E-state index is 0.00136. The number of aryl methyl sites for hydroxylation is 2. The van der Waals surface area contributed by atoms with E-state index < -0.39 is 0 Å². The van der Waals surface area contributed by atoms with Gasteiger partial charge in [-0.15, -0.1) is 0 Å². The summed E-state index contributed by atoms with van der Waals surface area (Å²) in [4.78, 5) is 23.9. The molecule has 2 aliphatic heterocycles. The van der Waals surface area contributed by atoms with Crippen molar-refractivity contribution in [1.82, 2.24) is 14.8 Å². The van der Waals surface area contributed by atoms with Crippen LogP contribution >= 0.6 is 0 Å². The Balaban J connectivity index is 1.34. The minimum absolute atomic E-state index is 0.00136. The summed E-state index contributed by atoms with van der Waals surface area (Å²) in [7, 11) is 0. The largest absolute Gasteiger partial charge is 0.506 e. The lowest BCUT2D eigenvalue weighted by Gasteiger charge is -2.38. The van der Waals surface area contributed by atoms with Crippen LogP contribution in [0, 0.1) is 13.8 Å². The van der Waals surface area contributed by atoms with E-state index in [1.165, 1.54) is 17.3 Å². The van der Waals surface area contributed by atoms with E-state index in [1.54, 1.807) is 6.07 Å². The lowest BCUT2D eigenvalue weighted by molar-refractivity contribution is -0.132. The molecular weight excluding hydrogens is 352 g/mol. The number of amides is 1. The number of aromatic hydroxyl groups is 1. The number of likely N-dealkylation sites (tertiary alicyclic amines) is 1. The normalized spacial score (nSPS) is 20.8. The highest BCUT2D eigenvalue weighted by atomic mass is 16.3. The lowest BCUT2D eigenvalue weighted by atomic mass is 10.1. The number of carbonyl (C=O) groups is 1. The summed E-state index contributed by atoms with van der Waals surface area (Å²) in [6.45, 7) is 8.99. The summed E-state index contributed by atoms with van der Waals surface area (Å²) in [5, 5.41) is 9.56. The first-order chi connectivity index (χ1) is 13.5. The third-order valence-corrected chi connectivity index (χ3v) is 5.85. The van der Waals surface area contributed by atoms with Gasteiger partial charge in [0.15, 0.2) is 0 Å². The number of aromatic nitrogens is 1. The summed E-state index contributed by atoms with van der Waals surface area (Å²) in [5.74, 6) is 1.38. The average molecular weight is 380 g/mol. The van der Waals surface area contributed by atoms with Gasteiger partial charge in [-0.3, -0.25) is 9.69 Å². The number of anilines is 1. The number of nitrogens with zero attached hydrogens (tertiary/aromatic N) is 4. The van der Waals surface area contributed by atoms with Gasteiger partial charge in [0.2, 0.25) is 5.91 Å². The van der Waals surface area contributed by atoms with Gasteiger partial charge in [0.1, 0.15) is 11.6 Å². The van der Waals surface area contributed by atoms with E-state index in [2.05, 4.69) is 46.0 Å². The zero-order chi connectivity index (χ0) is 19.7. The molecule has 0 bridgehead atoms. The molecule has 2 saturated heterocycles. The van der Waals surface area contributed by atoms with Crippen LogP contribution in [0.1, 0.15) is 23.1 Å². The second kappa shape index (κ2) is 7.80. The molecule has 1 aromatic carbocycles. The Labute approximate surface area is 166 Å². The quantitative estimate of drug-likeness (QED) is 0.882. The summed E-state index contributed by atoms with van der Waals surface area (Å²) in [6, 6.07) is 10.2. The smallest absolute Gasteiger partial charge is 0.240 e. The molecule has 0 saturated carbocycles. The highest BCUT2D eigenvalue weighted by Gasteiger charge is 2.37. The van der Waals surface area contributed by atoms with E-state index in [4.69, 9.17) is 0 Å². The third-order valence-electron chi connectivity index (χ3n) is 5.85. The molecular formula is C22H28N4O2. The Kier molecular flexibility index (Phi) is 5.22. The van der Waals surface area contributed by atoms with Gasteiger partial charge < -0.3 is 14.9 Å². The van der Waals surface area contributed by atoms with Crippen LogP contribution in [0.2, 0.25) is 0 Å².